The van der Waals surface area contributed by atoms with Crippen LogP contribution in [0.25, 0.3) is 0 Å². The first-order chi connectivity index (χ1) is 6.90. The van der Waals surface area contributed by atoms with E-state index in [1.165, 1.54) is 38.5 Å². The highest BCUT2D eigenvalue weighted by Gasteiger charge is 2.26. The lowest BCUT2D eigenvalue weighted by molar-refractivity contribution is 0.177. The van der Waals surface area contributed by atoms with Gasteiger partial charge in [-0.3, -0.25) is 0 Å². The summed E-state index contributed by atoms with van der Waals surface area (Å²) in [6.07, 6.45) is 8.23. The quantitative estimate of drug-likeness (QED) is 0.750. The zero-order chi connectivity index (χ0) is 9.80. The van der Waals surface area contributed by atoms with Gasteiger partial charge >= 0.3 is 0 Å². The standard InChI is InChI=1S/C12H23NO/c1-2-10-5-3-4-6-12(10)13-11-7-8-14-9-11/h10-13H,2-9H2,1H3. The van der Waals surface area contributed by atoms with Gasteiger partial charge in [-0.1, -0.05) is 26.2 Å². The molecule has 3 unspecified atom stereocenters. The molecule has 2 fully saturated rings. The van der Waals surface area contributed by atoms with Crippen molar-refractivity contribution in [2.45, 2.75) is 57.5 Å². The molecule has 0 aromatic heterocycles. The average molecular weight is 197 g/mol. The van der Waals surface area contributed by atoms with E-state index in [4.69, 9.17) is 4.74 Å². The lowest BCUT2D eigenvalue weighted by Gasteiger charge is -2.33. The highest BCUT2D eigenvalue weighted by atomic mass is 16.5. The Morgan fingerprint density at radius 2 is 2.07 bits per heavy atom. The monoisotopic (exact) mass is 197 g/mol. The van der Waals surface area contributed by atoms with Gasteiger partial charge in [0.15, 0.2) is 0 Å². The summed E-state index contributed by atoms with van der Waals surface area (Å²) in [4.78, 5) is 0. The first kappa shape index (κ1) is 10.4. The van der Waals surface area contributed by atoms with Crippen LogP contribution in [0.3, 0.4) is 0 Å². The fourth-order valence-corrected chi connectivity index (χ4v) is 2.88. The van der Waals surface area contributed by atoms with Gasteiger partial charge in [-0.15, -0.1) is 0 Å². The number of ether oxygens (including phenoxy) is 1. The molecule has 2 nitrogen and oxygen atoms in total. The van der Waals surface area contributed by atoms with Crippen LogP contribution in [0.5, 0.6) is 0 Å². The Morgan fingerprint density at radius 1 is 1.21 bits per heavy atom. The van der Waals surface area contributed by atoms with Crippen molar-refractivity contribution in [2.75, 3.05) is 13.2 Å². The van der Waals surface area contributed by atoms with Crippen molar-refractivity contribution < 1.29 is 4.74 Å². The highest BCUT2D eigenvalue weighted by Crippen LogP contribution is 2.27. The number of rotatable bonds is 3. The summed E-state index contributed by atoms with van der Waals surface area (Å²) >= 11 is 0. The summed E-state index contributed by atoms with van der Waals surface area (Å²) in [7, 11) is 0. The SMILES string of the molecule is CCC1CCCCC1NC1CCOC1. The third-order valence-corrected chi connectivity index (χ3v) is 3.81. The van der Waals surface area contributed by atoms with Crippen LogP contribution in [0.4, 0.5) is 0 Å². The summed E-state index contributed by atoms with van der Waals surface area (Å²) < 4.78 is 5.41. The van der Waals surface area contributed by atoms with E-state index in [1.807, 2.05) is 0 Å². The van der Waals surface area contributed by atoms with Gasteiger partial charge in [0.25, 0.3) is 0 Å². The Morgan fingerprint density at radius 3 is 2.79 bits per heavy atom. The van der Waals surface area contributed by atoms with Gasteiger partial charge < -0.3 is 10.1 Å². The Labute approximate surface area is 87.4 Å². The topological polar surface area (TPSA) is 21.3 Å². The molecule has 1 saturated heterocycles. The van der Waals surface area contributed by atoms with Crippen molar-refractivity contribution in [2.24, 2.45) is 5.92 Å². The third-order valence-electron chi connectivity index (χ3n) is 3.81. The molecule has 1 aliphatic heterocycles. The Balaban J connectivity index is 1.81. The van der Waals surface area contributed by atoms with Crippen LogP contribution in [0.1, 0.15) is 45.4 Å². The molecule has 0 bridgehead atoms. The van der Waals surface area contributed by atoms with Crippen LogP contribution in [0.2, 0.25) is 0 Å². The zero-order valence-electron chi connectivity index (χ0n) is 9.30. The number of hydrogen-bond acceptors (Lipinski definition) is 2. The molecule has 0 aromatic carbocycles. The molecule has 1 N–H and O–H groups in total. The summed E-state index contributed by atoms with van der Waals surface area (Å²) in [5.74, 6) is 0.921. The molecule has 0 amide bonds. The van der Waals surface area contributed by atoms with Crippen molar-refractivity contribution in [1.82, 2.24) is 5.32 Å². The predicted molar refractivity (Wildman–Crippen MR) is 58.4 cm³/mol. The van der Waals surface area contributed by atoms with E-state index in [2.05, 4.69) is 12.2 Å². The van der Waals surface area contributed by atoms with Crippen molar-refractivity contribution in [3.8, 4) is 0 Å². The van der Waals surface area contributed by atoms with E-state index < -0.39 is 0 Å². The summed E-state index contributed by atoms with van der Waals surface area (Å²) in [5, 5.41) is 3.79. The normalized spacial score (nSPS) is 38.8. The van der Waals surface area contributed by atoms with E-state index in [0.29, 0.717) is 6.04 Å². The number of hydrogen-bond donors (Lipinski definition) is 1. The predicted octanol–water partition coefficient (Wildman–Crippen LogP) is 2.33. The minimum atomic E-state index is 0.646. The van der Waals surface area contributed by atoms with Gasteiger partial charge in [-0.25, -0.2) is 0 Å². The Hall–Kier alpha value is -0.0800. The molecular formula is C12H23NO. The minimum absolute atomic E-state index is 0.646. The Kier molecular flexibility index (Phi) is 3.82. The minimum Gasteiger partial charge on any atom is -0.380 e. The maximum atomic E-state index is 5.41. The maximum absolute atomic E-state index is 5.41. The van der Waals surface area contributed by atoms with Crippen molar-refractivity contribution in [3.05, 3.63) is 0 Å². The van der Waals surface area contributed by atoms with Gasteiger partial charge in [0, 0.05) is 18.7 Å². The molecule has 2 rings (SSSR count). The first-order valence-electron chi connectivity index (χ1n) is 6.24. The molecule has 0 aromatic rings. The average Bonchev–Trinajstić information content (AvgIpc) is 2.71. The molecule has 14 heavy (non-hydrogen) atoms. The van der Waals surface area contributed by atoms with Gasteiger partial charge in [0.05, 0.1) is 6.61 Å². The van der Waals surface area contributed by atoms with Crippen LogP contribution in [-0.4, -0.2) is 25.3 Å². The summed E-state index contributed by atoms with van der Waals surface area (Å²) in [6, 6.07) is 1.42. The van der Waals surface area contributed by atoms with Crippen molar-refractivity contribution in [1.29, 1.82) is 0 Å². The van der Waals surface area contributed by atoms with Gasteiger partial charge in [-0.05, 0) is 25.2 Å². The van der Waals surface area contributed by atoms with Crippen LogP contribution in [-0.2, 0) is 4.74 Å². The highest BCUT2D eigenvalue weighted by molar-refractivity contribution is 4.84. The van der Waals surface area contributed by atoms with Gasteiger partial charge in [0.2, 0.25) is 0 Å². The van der Waals surface area contributed by atoms with E-state index in [-0.39, 0.29) is 0 Å². The molecule has 2 aliphatic rings. The second-order valence-corrected chi connectivity index (χ2v) is 4.79. The number of nitrogens with one attached hydrogen (secondary N) is 1. The molecule has 1 heterocycles. The van der Waals surface area contributed by atoms with E-state index in [1.54, 1.807) is 0 Å². The molecule has 1 aliphatic carbocycles. The van der Waals surface area contributed by atoms with E-state index in [0.717, 1.165) is 25.2 Å². The third kappa shape index (κ3) is 2.48. The van der Waals surface area contributed by atoms with E-state index in [9.17, 15) is 0 Å². The molecule has 1 saturated carbocycles. The van der Waals surface area contributed by atoms with E-state index >= 15 is 0 Å². The lowest BCUT2D eigenvalue weighted by atomic mass is 9.82. The maximum Gasteiger partial charge on any atom is 0.0620 e. The van der Waals surface area contributed by atoms with Gasteiger partial charge in [-0.2, -0.15) is 0 Å². The zero-order valence-corrected chi connectivity index (χ0v) is 9.30. The smallest absolute Gasteiger partial charge is 0.0620 e. The molecule has 82 valence electrons. The Bertz CT molecular complexity index is 166. The van der Waals surface area contributed by atoms with Crippen molar-refractivity contribution in [3.63, 3.8) is 0 Å². The molecule has 0 spiro atoms. The first-order valence-corrected chi connectivity index (χ1v) is 6.24. The fourth-order valence-electron chi connectivity index (χ4n) is 2.88. The molecular weight excluding hydrogens is 174 g/mol. The second kappa shape index (κ2) is 5.13. The summed E-state index contributed by atoms with van der Waals surface area (Å²) in [5.41, 5.74) is 0. The van der Waals surface area contributed by atoms with Crippen LogP contribution in [0, 0.1) is 5.92 Å². The molecule has 3 atom stereocenters. The fraction of sp³-hybridized carbons (Fsp3) is 1.00. The lowest BCUT2D eigenvalue weighted by Crippen LogP contribution is -2.44. The largest absolute Gasteiger partial charge is 0.380 e. The van der Waals surface area contributed by atoms with Gasteiger partial charge in [0.1, 0.15) is 0 Å². The van der Waals surface area contributed by atoms with Crippen LogP contribution in [0.15, 0.2) is 0 Å². The molecule has 2 heteroatoms. The van der Waals surface area contributed by atoms with Crippen molar-refractivity contribution >= 4 is 0 Å². The summed E-state index contributed by atoms with van der Waals surface area (Å²) in [6.45, 7) is 4.23. The second-order valence-electron chi connectivity index (χ2n) is 4.79. The van der Waals surface area contributed by atoms with Crippen LogP contribution >= 0.6 is 0 Å². The van der Waals surface area contributed by atoms with Crippen LogP contribution < -0.4 is 5.32 Å². The molecule has 0 radical (unpaired) electrons.